The second kappa shape index (κ2) is 15.5. The van der Waals surface area contributed by atoms with Gasteiger partial charge in [0, 0.05) is 18.6 Å². The van der Waals surface area contributed by atoms with E-state index in [-0.39, 0.29) is 5.92 Å². The smallest absolute Gasteiger partial charge is 0.311 e. The second-order valence-corrected chi connectivity index (χ2v) is 8.44. The van der Waals surface area contributed by atoms with Crippen LogP contribution in [-0.4, -0.2) is 11.1 Å². The molecule has 0 saturated carbocycles. The molecular formula is C25H44NO2+. The highest BCUT2D eigenvalue weighted by atomic mass is 16.4. The molecule has 0 amide bonds. The molecule has 1 aromatic heterocycles. The van der Waals surface area contributed by atoms with Gasteiger partial charge in [-0.15, -0.1) is 0 Å². The van der Waals surface area contributed by atoms with Crippen LogP contribution in [0.2, 0.25) is 0 Å². The van der Waals surface area contributed by atoms with Gasteiger partial charge in [-0.25, -0.2) is 4.57 Å². The van der Waals surface area contributed by atoms with E-state index in [4.69, 9.17) is 0 Å². The fourth-order valence-corrected chi connectivity index (χ4v) is 4.04. The van der Waals surface area contributed by atoms with E-state index >= 15 is 0 Å². The summed E-state index contributed by atoms with van der Waals surface area (Å²) >= 11 is 0. The van der Waals surface area contributed by atoms with E-state index in [0.717, 1.165) is 30.5 Å². The molecule has 3 heteroatoms. The van der Waals surface area contributed by atoms with Crippen LogP contribution in [0.25, 0.3) is 0 Å². The summed E-state index contributed by atoms with van der Waals surface area (Å²) in [6.45, 7) is 4.28. The minimum Gasteiger partial charge on any atom is -0.481 e. The van der Waals surface area contributed by atoms with Crippen molar-refractivity contribution in [3.63, 3.8) is 0 Å². The molecule has 1 unspecified atom stereocenters. The molecule has 1 rings (SSSR count). The SMILES string of the molecule is CCCCCCCCCCCCCCCCC(C(=O)O)c1ccc[n+](C)c1C. The van der Waals surface area contributed by atoms with Gasteiger partial charge in [0.1, 0.15) is 7.05 Å². The normalized spacial score (nSPS) is 12.2. The molecule has 3 nitrogen and oxygen atoms in total. The number of aromatic nitrogens is 1. The van der Waals surface area contributed by atoms with Crippen molar-refractivity contribution in [1.82, 2.24) is 0 Å². The molecule has 0 aromatic carbocycles. The topological polar surface area (TPSA) is 41.2 Å². The zero-order chi connectivity index (χ0) is 20.6. The third-order valence-electron chi connectivity index (χ3n) is 6.05. The van der Waals surface area contributed by atoms with Crippen LogP contribution in [0.15, 0.2) is 18.3 Å². The molecule has 0 radical (unpaired) electrons. The van der Waals surface area contributed by atoms with Gasteiger partial charge in [0.2, 0.25) is 0 Å². The van der Waals surface area contributed by atoms with Gasteiger partial charge in [-0.3, -0.25) is 4.79 Å². The summed E-state index contributed by atoms with van der Waals surface area (Å²) in [6.07, 6.45) is 21.3. The summed E-state index contributed by atoms with van der Waals surface area (Å²) in [7, 11) is 1.98. The Morgan fingerprint density at radius 2 is 1.36 bits per heavy atom. The number of nitrogens with zero attached hydrogens (tertiary/aromatic N) is 1. The van der Waals surface area contributed by atoms with Gasteiger partial charge in [-0.05, 0) is 12.5 Å². The number of hydrogen-bond acceptors (Lipinski definition) is 1. The molecule has 1 heterocycles. The van der Waals surface area contributed by atoms with Crippen LogP contribution in [0.4, 0.5) is 0 Å². The molecule has 1 aromatic rings. The standard InChI is InChI=1S/C25H43NO2/c1-4-5-6-7-8-9-10-11-12-13-14-15-16-17-19-24(25(27)28)23-20-18-21-26(3)22(23)2/h18,20-21,24H,4-17,19H2,1-3H3/p+1. The van der Waals surface area contributed by atoms with E-state index in [1.807, 2.05) is 36.9 Å². The Morgan fingerprint density at radius 3 is 1.82 bits per heavy atom. The number of aliphatic carboxylic acids is 1. The number of hydrogen-bond donors (Lipinski definition) is 1. The van der Waals surface area contributed by atoms with E-state index < -0.39 is 5.97 Å². The molecule has 28 heavy (non-hydrogen) atoms. The average molecular weight is 391 g/mol. The number of rotatable bonds is 17. The third-order valence-corrected chi connectivity index (χ3v) is 6.05. The molecule has 1 N–H and O–H groups in total. The highest BCUT2D eigenvalue weighted by molar-refractivity contribution is 5.76. The third kappa shape index (κ3) is 10.2. The molecule has 0 fully saturated rings. The average Bonchev–Trinajstić information content (AvgIpc) is 2.67. The maximum Gasteiger partial charge on any atom is 0.311 e. The number of carboxylic acids is 1. The number of unbranched alkanes of at least 4 members (excludes halogenated alkanes) is 13. The lowest BCUT2D eigenvalue weighted by Crippen LogP contribution is -2.33. The fraction of sp³-hybridized carbons (Fsp3) is 0.760. The summed E-state index contributed by atoms with van der Waals surface area (Å²) in [6, 6.07) is 3.92. The van der Waals surface area contributed by atoms with Crippen LogP contribution in [0.1, 0.15) is 120 Å². The molecule has 1 atom stereocenters. The van der Waals surface area contributed by atoms with Crippen molar-refractivity contribution in [1.29, 1.82) is 0 Å². The summed E-state index contributed by atoms with van der Waals surface area (Å²) in [4.78, 5) is 11.7. The van der Waals surface area contributed by atoms with Crippen LogP contribution in [0.5, 0.6) is 0 Å². The minimum atomic E-state index is -0.691. The van der Waals surface area contributed by atoms with Gasteiger partial charge in [0.05, 0.1) is 5.92 Å². The quantitative estimate of drug-likeness (QED) is 0.233. The maximum absolute atomic E-state index is 11.7. The lowest BCUT2D eigenvalue weighted by Gasteiger charge is -2.13. The first-order chi connectivity index (χ1) is 13.6. The van der Waals surface area contributed by atoms with Crippen molar-refractivity contribution < 1.29 is 14.5 Å². The maximum atomic E-state index is 11.7. The summed E-state index contributed by atoms with van der Waals surface area (Å²) in [5.74, 6) is -1.06. The van der Waals surface area contributed by atoms with Crippen LogP contribution >= 0.6 is 0 Å². The number of pyridine rings is 1. The molecule has 0 saturated heterocycles. The van der Waals surface area contributed by atoms with Gasteiger partial charge in [0.15, 0.2) is 11.9 Å². The molecule has 0 aliphatic heterocycles. The van der Waals surface area contributed by atoms with Crippen molar-refractivity contribution in [3.8, 4) is 0 Å². The van der Waals surface area contributed by atoms with Gasteiger partial charge in [-0.2, -0.15) is 0 Å². The largest absolute Gasteiger partial charge is 0.481 e. The predicted octanol–water partition coefficient (Wildman–Crippen LogP) is 6.86. The molecule has 0 aliphatic rings. The van der Waals surface area contributed by atoms with Gasteiger partial charge in [0.25, 0.3) is 0 Å². The first-order valence-electron chi connectivity index (χ1n) is 11.8. The predicted molar refractivity (Wildman–Crippen MR) is 118 cm³/mol. The van der Waals surface area contributed by atoms with Crippen LogP contribution < -0.4 is 4.57 Å². The summed E-state index contributed by atoms with van der Waals surface area (Å²) < 4.78 is 2.01. The van der Waals surface area contributed by atoms with Gasteiger partial charge in [-0.1, -0.05) is 96.8 Å². The Balaban J connectivity index is 2.06. The van der Waals surface area contributed by atoms with E-state index in [0.29, 0.717) is 0 Å². The Bertz CT molecular complexity index is 541. The molecule has 0 bridgehead atoms. The minimum absolute atomic E-state index is 0.371. The Hall–Kier alpha value is -1.38. The Kier molecular flexibility index (Phi) is 13.7. The zero-order valence-corrected chi connectivity index (χ0v) is 18.7. The zero-order valence-electron chi connectivity index (χ0n) is 18.7. The van der Waals surface area contributed by atoms with Crippen LogP contribution in [0, 0.1) is 6.92 Å². The second-order valence-electron chi connectivity index (χ2n) is 8.44. The highest BCUT2D eigenvalue weighted by Gasteiger charge is 2.24. The number of carbonyl (C=O) groups is 1. The number of carboxylic acid groups (broad SMARTS) is 1. The van der Waals surface area contributed by atoms with E-state index in [1.54, 1.807) is 0 Å². The van der Waals surface area contributed by atoms with Crippen molar-refractivity contribution >= 4 is 5.97 Å². The van der Waals surface area contributed by atoms with Crippen molar-refractivity contribution in [3.05, 3.63) is 29.6 Å². The van der Waals surface area contributed by atoms with E-state index in [1.165, 1.54) is 77.0 Å². The van der Waals surface area contributed by atoms with Crippen molar-refractivity contribution in [2.75, 3.05) is 0 Å². The van der Waals surface area contributed by atoms with Crippen molar-refractivity contribution in [2.24, 2.45) is 7.05 Å². The summed E-state index contributed by atoms with van der Waals surface area (Å²) in [5.41, 5.74) is 2.02. The van der Waals surface area contributed by atoms with Crippen LogP contribution in [0.3, 0.4) is 0 Å². The number of aryl methyl sites for hydroxylation is 1. The Labute approximate surface area is 173 Å². The highest BCUT2D eigenvalue weighted by Crippen LogP contribution is 2.24. The van der Waals surface area contributed by atoms with Crippen molar-refractivity contribution in [2.45, 2.75) is 116 Å². The van der Waals surface area contributed by atoms with E-state index in [9.17, 15) is 9.90 Å². The van der Waals surface area contributed by atoms with Gasteiger partial charge >= 0.3 is 5.97 Å². The summed E-state index contributed by atoms with van der Waals surface area (Å²) in [5, 5.41) is 9.64. The first-order valence-corrected chi connectivity index (χ1v) is 11.8. The lowest BCUT2D eigenvalue weighted by atomic mass is 9.92. The lowest BCUT2D eigenvalue weighted by molar-refractivity contribution is -0.678. The van der Waals surface area contributed by atoms with Crippen LogP contribution in [-0.2, 0) is 11.8 Å². The molecule has 0 aliphatic carbocycles. The van der Waals surface area contributed by atoms with Gasteiger partial charge < -0.3 is 5.11 Å². The molecule has 0 spiro atoms. The first kappa shape index (κ1) is 24.7. The Morgan fingerprint density at radius 1 is 0.893 bits per heavy atom. The fourth-order valence-electron chi connectivity index (χ4n) is 4.04. The molecule has 160 valence electrons. The van der Waals surface area contributed by atoms with E-state index in [2.05, 4.69) is 6.92 Å². The monoisotopic (exact) mass is 390 g/mol. The molecular weight excluding hydrogens is 346 g/mol.